The van der Waals surface area contributed by atoms with Gasteiger partial charge in [0.25, 0.3) is 0 Å². The van der Waals surface area contributed by atoms with Crippen molar-refractivity contribution in [1.82, 2.24) is 14.4 Å². The van der Waals surface area contributed by atoms with Gasteiger partial charge in [0.05, 0.1) is 6.20 Å². The van der Waals surface area contributed by atoms with Gasteiger partial charge in [-0.2, -0.15) is 0 Å². The Morgan fingerprint density at radius 1 is 1.58 bits per heavy atom. The van der Waals surface area contributed by atoms with Crippen LogP contribution in [0.2, 0.25) is 0 Å². The molecule has 0 saturated carbocycles. The van der Waals surface area contributed by atoms with Crippen LogP contribution in [0.1, 0.15) is 10.5 Å². The average Bonchev–Trinajstić information content (AvgIpc) is 2.47. The van der Waals surface area contributed by atoms with Gasteiger partial charge in [-0.3, -0.25) is 9.20 Å². The molecule has 0 aliphatic carbocycles. The van der Waals surface area contributed by atoms with E-state index in [4.69, 9.17) is 0 Å². The molecule has 0 aromatic carbocycles. The number of imidazole rings is 1. The van der Waals surface area contributed by atoms with Gasteiger partial charge in [0.1, 0.15) is 10.3 Å². The first-order valence-electron chi connectivity index (χ1n) is 3.26. The van der Waals surface area contributed by atoms with E-state index in [1.807, 2.05) is 0 Å². The zero-order chi connectivity index (χ0) is 8.55. The molecule has 12 heavy (non-hydrogen) atoms. The lowest BCUT2D eigenvalue weighted by Gasteiger charge is -1.93. The molecule has 0 radical (unpaired) electrons. The quantitative estimate of drug-likeness (QED) is 0.688. The second-order valence-corrected chi connectivity index (χ2v) is 3.03. The molecule has 0 unspecified atom stereocenters. The minimum Gasteiger partial charge on any atom is -0.296 e. The fraction of sp³-hybridized carbons (Fsp3) is 0. The van der Waals surface area contributed by atoms with Crippen molar-refractivity contribution in [2.75, 3.05) is 0 Å². The first kappa shape index (κ1) is 7.42. The van der Waals surface area contributed by atoms with Gasteiger partial charge >= 0.3 is 0 Å². The van der Waals surface area contributed by atoms with Crippen molar-refractivity contribution in [3.05, 3.63) is 28.8 Å². The molecule has 2 aromatic rings. The molecule has 0 amide bonds. The third-order valence-electron chi connectivity index (χ3n) is 1.48. The third-order valence-corrected chi connectivity index (χ3v) is 2.06. The highest BCUT2D eigenvalue weighted by molar-refractivity contribution is 9.10. The number of rotatable bonds is 1. The van der Waals surface area contributed by atoms with E-state index in [1.54, 1.807) is 22.9 Å². The highest BCUT2D eigenvalue weighted by atomic mass is 79.9. The lowest BCUT2D eigenvalue weighted by atomic mass is 10.4. The standard InChI is InChI=1S/C7H4BrN3O/c8-6-3-9-7-10-5(4-12)1-2-11(6)7/h1-4H. The second kappa shape index (κ2) is 2.67. The normalized spacial score (nSPS) is 10.4. The van der Waals surface area contributed by atoms with Gasteiger partial charge in [-0.15, -0.1) is 0 Å². The summed E-state index contributed by atoms with van der Waals surface area (Å²) < 4.78 is 2.56. The van der Waals surface area contributed by atoms with Gasteiger partial charge < -0.3 is 0 Å². The van der Waals surface area contributed by atoms with Gasteiger partial charge in [-0.1, -0.05) is 0 Å². The Bertz CT molecular complexity index is 437. The maximum Gasteiger partial charge on any atom is 0.235 e. The van der Waals surface area contributed by atoms with Crippen LogP contribution >= 0.6 is 15.9 Å². The number of aromatic nitrogens is 3. The summed E-state index contributed by atoms with van der Waals surface area (Å²) in [6.45, 7) is 0. The molecule has 0 aliphatic heterocycles. The number of aldehydes is 1. The molecule has 2 heterocycles. The number of fused-ring (bicyclic) bond motifs is 1. The van der Waals surface area contributed by atoms with Crippen LogP contribution in [0.5, 0.6) is 0 Å². The Morgan fingerprint density at radius 3 is 3.17 bits per heavy atom. The zero-order valence-electron chi connectivity index (χ0n) is 5.94. The van der Waals surface area contributed by atoms with E-state index in [0.717, 1.165) is 4.60 Å². The summed E-state index contributed by atoms with van der Waals surface area (Å²) in [5.74, 6) is 0.520. The first-order chi connectivity index (χ1) is 5.81. The van der Waals surface area contributed by atoms with Crippen LogP contribution in [-0.4, -0.2) is 20.7 Å². The molecular formula is C7H4BrN3O. The van der Waals surface area contributed by atoms with Gasteiger partial charge in [-0.25, -0.2) is 9.97 Å². The second-order valence-electron chi connectivity index (χ2n) is 2.22. The van der Waals surface area contributed by atoms with Crippen molar-refractivity contribution in [2.45, 2.75) is 0 Å². The smallest absolute Gasteiger partial charge is 0.235 e. The molecule has 0 saturated heterocycles. The molecule has 0 bridgehead atoms. The predicted octanol–water partition coefficient (Wildman–Crippen LogP) is 1.30. The van der Waals surface area contributed by atoms with Crippen LogP contribution in [0, 0.1) is 0 Å². The highest BCUT2D eigenvalue weighted by Crippen LogP contribution is 2.10. The van der Waals surface area contributed by atoms with E-state index >= 15 is 0 Å². The molecule has 0 atom stereocenters. The third kappa shape index (κ3) is 1.02. The molecular weight excluding hydrogens is 222 g/mol. The van der Waals surface area contributed by atoms with Gasteiger partial charge in [0.15, 0.2) is 6.29 Å². The number of nitrogens with zero attached hydrogens (tertiary/aromatic N) is 3. The van der Waals surface area contributed by atoms with E-state index in [2.05, 4.69) is 25.9 Å². The van der Waals surface area contributed by atoms with Gasteiger partial charge in [0, 0.05) is 6.20 Å². The van der Waals surface area contributed by atoms with Crippen LogP contribution in [-0.2, 0) is 0 Å². The molecule has 2 aromatic heterocycles. The molecule has 0 aliphatic rings. The van der Waals surface area contributed by atoms with Crippen molar-refractivity contribution in [3.63, 3.8) is 0 Å². The van der Waals surface area contributed by atoms with Crippen molar-refractivity contribution in [2.24, 2.45) is 0 Å². The molecule has 5 heteroatoms. The highest BCUT2D eigenvalue weighted by Gasteiger charge is 2.00. The molecule has 60 valence electrons. The maximum atomic E-state index is 10.3. The maximum absolute atomic E-state index is 10.3. The SMILES string of the molecule is O=Cc1ccn2c(Br)cnc2n1. The Labute approximate surface area is 76.4 Å². The fourth-order valence-corrected chi connectivity index (χ4v) is 1.30. The lowest BCUT2D eigenvalue weighted by Crippen LogP contribution is -1.92. The molecule has 2 rings (SSSR count). The van der Waals surface area contributed by atoms with Crippen LogP contribution in [0.4, 0.5) is 0 Å². The van der Waals surface area contributed by atoms with E-state index in [9.17, 15) is 4.79 Å². The van der Waals surface area contributed by atoms with Gasteiger partial charge in [-0.05, 0) is 22.0 Å². The number of carbonyl (C=O) groups is 1. The van der Waals surface area contributed by atoms with E-state index in [0.29, 0.717) is 17.8 Å². The summed E-state index contributed by atoms with van der Waals surface area (Å²) in [6.07, 6.45) is 4.07. The molecule has 0 N–H and O–H groups in total. The van der Waals surface area contributed by atoms with Crippen molar-refractivity contribution in [3.8, 4) is 0 Å². The Kier molecular flexibility index (Phi) is 1.65. The lowest BCUT2D eigenvalue weighted by molar-refractivity contribution is 0.111. The molecule has 0 spiro atoms. The van der Waals surface area contributed by atoms with E-state index < -0.39 is 0 Å². The predicted molar refractivity (Wildman–Crippen MR) is 46.1 cm³/mol. The first-order valence-corrected chi connectivity index (χ1v) is 4.05. The average molecular weight is 226 g/mol. The summed E-state index contributed by atoms with van der Waals surface area (Å²) in [6, 6.07) is 1.63. The van der Waals surface area contributed by atoms with Crippen LogP contribution in [0.15, 0.2) is 23.1 Å². The van der Waals surface area contributed by atoms with Crippen LogP contribution < -0.4 is 0 Å². The minimum atomic E-state index is 0.389. The number of carbonyl (C=O) groups excluding carboxylic acids is 1. The Balaban J connectivity index is 2.77. The number of hydrogen-bond acceptors (Lipinski definition) is 3. The summed E-state index contributed by atoms with van der Waals surface area (Å²) in [5, 5.41) is 0. The largest absolute Gasteiger partial charge is 0.296 e. The minimum absolute atomic E-state index is 0.389. The zero-order valence-corrected chi connectivity index (χ0v) is 7.52. The Morgan fingerprint density at radius 2 is 2.42 bits per heavy atom. The van der Waals surface area contributed by atoms with E-state index in [1.165, 1.54) is 0 Å². The van der Waals surface area contributed by atoms with Crippen molar-refractivity contribution < 1.29 is 4.79 Å². The van der Waals surface area contributed by atoms with E-state index in [-0.39, 0.29) is 0 Å². The van der Waals surface area contributed by atoms with Crippen molar-refractivity contribution >= 4 is 28.0 Å². The number of halogens is 1. The van der Waals surface area contributed by atoms with Crippen molar-refractivity contribution in [1.29, 1.82) is 0 Å². The molecule has 4 nitrogen and oxygen atoms in total. The van der Waals surface area contributed by atoms with Gasteiger partial charge in [0.2, 0.25) is 5.78 Å². The summed E-state index contributed by atoms with van der Waals surface area (Å²) >= 11 is 3.29. The Hall–Kier alpha value is -1.23. The number of hydrogen-bond donors (Lipinski definition) is 0. The van der Waals surface area contributed by atoms with Crippen LogP contribution in [0.25, 0.3) is 5.78 Å². The fourth-order valence-electron chi connectivity index (χ4n) is 0.921. The summed E-state index contributed by atoms with van der Waals surface area (Å²) in [7, 11) is 0. The topological polar surface area (TPSA) is 47.3 Å². The summed E-state index contributed by atoms with van der Waals surface area (Å²) in [4.78, 5) is 18.3. The molecule has 0 fully saturated rings. The van der Waals surface area contributed by atoms with Crippen LogP contribution in [0.3, 0.4) is 0 Å². The monoisotopic (exact) mass is 225 g/mol. The summed E-state index contributed by atoms with van der Waals surface area (Å²) in [5.41, 5.74) is 0.389.